The molecule has 0 saturated carbocycles. The van der Waals surface area contributed by atoms with E-state index >= 15 is 0 Å². The van der Waals surface area contributed by atoms with Gasteiger partial charge in [-0.3, -0.25) is 0 Å². The van der Waals surface area contributed by atoms with Crippen molar-refractivity contribution >= 4 is 91.5 Å². The number of fused-ring (bicyclic) bond motifs is 5. The highest BCUT2D eigenvalue weighted by Gasteiger charge is 2.24. The number of rotatable bonds is 7. The summed E-state index contributed by atoms with van der Waals surface area (Å²) in [6.45, 7) is 7.22. The fourth-order valence-corrected chi connectivity index (χ4v) is 10.5. The van der Waals surface area contributed by atoms with Crippen LogP contribution in [0, 0.1) is 0 Å². The first kappa shape index (κ1) is 33.5. The molecular formula is C51H40N2SSi. The van der Waals surface area contributed by atoms with Gasteiger partial charge in [-0.2, -0.15) is 0 Å². The minimum Gasteiger partial charge on any atom is -0.310 e. The Bertz CT molecular complexity index is 2880. The van der Waals surface area contributed by atoms with E-state index in [2.05, 4.69) is 217 Å². The Morgan fingerprint density at radius 2 is 0.927 bits per heavy atom. The van der Waals surface area contributed by atoms with E-state index < -0.39 is 8.07 Å². The second-order valence-electron chi connectivity index (χ2n) is 15.5. The molecule has 0 aromatic heterocycles. The van der Waals surface area contributed by atoms with Crippen LogP contribution in [0.5, 0.6) is 0 Å². The SMILES string of the molecule is C[Si](C)(C)c1ccc(N(c2ccccc2)c2ccc3c(c2)Sc2cccc4c2c-3cc2ccc(N(c3ccccc3)c3ccc5ccccc5c3)cc24)cc1. The van der Waals surface area contributed by atoms with Crippen LogP contribution in [0.2, 0.25) is 19.6 Å². The minimum atomic E-state index is -1.42. The maximum Gasteiger partial charge on any atom is 0.0775 e. The number of hydrogen-bond donors (Lipinski definition) is 0. The number of nitrogens with zero attached hydrogens (tertiary/aromatic N) is 2. The molecule has 1 heterocycles. The number of benzene rings is 9. The van der Waals surface area contributed by atoms with Crippen LogP contribution in [-0.2, 0) is 0 Å². The fourth-order valence-electron chi connectivity index (χ4n) is 8.15. The lowest BCUT2D eigenvalue weighted by Crippen LogP contribution is -2.37. The highest BCUT2D eigenvalue weighted by molar-refractivity contribution is 7.99. The van der Waals surface area contributed by atoms with Gasteiger partial charge in [-0.05, 0) is 123 Å². The molecule has 9 aromatic rings. The largest absolute Gasteiger partial charge is 0.310 e. The average molecular weight is 741 g/mol. The van der Waals surface area contributed by atoms with Crippen LogP contribution < -0.4 is 15.0 Å². The van der Waals surface area contributed by atoms with Crippen LogP contribution in [0.1, 0.15) is 0 Å². The van der Waals surface area contributed by atoms with E-state index in [9.17, 15) is 0 Å². The average Bonchev–Trinajstić information content (AvgIpc) is 3.22. The van der Waals surface area contributed by atoms with Crippen LogP contribution in [0.3, 0.4) is 0 Å². The zero-order valence-corrected chi connectivity index (χ0v) is 33.0. The molecule has 9 aromatic carbocycles. The lowest BCUT2D eigenvalue weighted by Gasteiger charge is -2.29. The van der Waals surface area contributed by atoms with Crippen molar-refractivity contribution in [3.05, 3.63) is 188 Å². The van der Waals surface area contributed by atoms with Crippen LogP contribution >= 0.6 is 11.8 Å². The van der Waals surface area contributed by atoms with Gasteiger partial charge in [-0.15, -0.1) is 0 Å². The maximum absolute atomic E-state index is 2.41. The third-order valence-corrected chi connectivity index (χ3v) is 14.1. The van der Waals surface area contributed by atoms with Crippen molar-refractivity contribution in [2.24, 2.45) is 0 Å². The molecule has 0 unspecified atom stereocenters. The van der Waals surface area contributed by atoms with E-state index in [1.807, 2.05) is 11.8 Å². The van der Waals surface area contributed by atoms with Crippen LogP contribution in [-0.4, -0.2) is 8.07 Å². The molecule has 0 spiro atoms. The van der Waals surface area contributed by atoms with Crippen molar-refractivity contribution in [1.82, 2.24) is 0 Å². The summed E-state index contributed by atoms with van der Waals surface area (Å²) in [6, 6.07) is 69.3. The summed E-state index contributed by atoms with van der Waals surface area (Å²) >= 11 is 1.89. The number of anilines is 6. The first-order valence-electron chi connectivity index (χ1n) is 19.0. The molecule has 0 fully saturated rings. The van der Waals surface area contributed by atoms with Crippen molar-refractivity contribution < 1.29 is 0 Å². The van der Waals surface area contributed by atoms with Gasteiger partial charge in [-0.25, -0.2) is 0 Å². The van der Waals surface area contributed by atoms with Crippen LogP contribution in [0.25, 0.3) is 43.4 Å². The van der Waals surface area contributed by atoms with Crippen LogP contribution in [0.15, 0.2) is 198 Å². The standard InChI is InChI=1S/C51H40N2SSi/c1-55(2,3)44-28-25-40(26-29-44)52(38-15-6-4-7-16-38)43-27-30-45-48-32-37-22-24-42(33-47(37)46-19-12-20-49(51(46)48)54-50(45)34-43)53(39-17-8-5-9-18-39)41-23-21-35-13-10-11-14-36(35)31-41/h4-34H,1-3H3. The molecule has 4 heteroatoms. The predicted molar refractivity (Wildman–Crippen MR) is 241 cm³/mol. The summed E-state index contributed by atoms with van der Waals surface area (Å²) in [4.78, 5) is 7.34. The Morgan fingerprint density at radius 3 is 1.64 bits per heavy atom. The van der Waals surface area contributed by atoms with Gasteiger partial charge in [0.1, 0.15) is 0 Å². The normalized spacial score (nSPS) is 12.2. The third kappa shape index (κ3) is 5.99. The molecule has 0 bridgehead atoms. The van der Waals surface area contributed by atoms with E-state index in [0.29, 0.717) is 0 Å². The lowest BCUT2D eigenvalue weighted by atomic mass is 9.92. The maximum atomic E-state index is 2.41. The van der Waals surface area contributed by atoms with Gasteiger partial charge in [0, 0.05) is 49.3 Å². The smallest absolute Gasteiger partial charge is 0.0775 e. The first-order valence-corrected chi connectivity index (χ1v) is 23.3. The summed E-state index contributed by atoms with van der Waals surface area (Å²) in [7, 11) is -1.42. The van der Waals surface area contributed by atoms with Gasteiger partial charge >= 0.3 is 0 Å². The molecule has 0 saturated heterocycles. The number of para-hydroxylation sites is 2. The zero-order chi connectivity index (χ0) is 37.1. The molecule has 264 valence electrons. The second-order valence-corrected chi connectivity index (χ2v) is 21.6. The van der Waals surface area contributed by atoms with Gasteiger partial charge in [0.15, 0.2) is 0 Å². The molecule has 0 atom stereocenters. The highest BCUT2D eigenvalue weighted by atomic mass is 32.2. The predicted octanol–water partition coefficient (Wildman–Crippen LogP) is 14.8. The summed E-state index contributed by atoms with van der Waals surface area (Å²) in [5.41, 5.74) is 9.49. The van der Waals surface area contributed by atoms with E-state index in [1.54, 1.807) is 0 Å². The van der Waals surface area contributed by atoms with Crippen molar-refractivity contribution in [2.45, 2.75) is 29.4 Å². The molecule has 1 aliphatic rings. The fraction of sp³-hybridized carbons (Fsp3) is 0.0588. The third-order valence-electron chi connectivity index (χ3n) is 10.9. The molecule has 1 aliphatic heterocycles. The van der Waals surface area contributed by atoms with Crippen molar-refractivity contribution in [2.75, 3.05) is 9.80 Å². The highest BCUT2D eigenvalue weighted by Crippen LogP contribution is 2.52. The van der Waals surface area contributed by atoms with Gasteiger partial charge in [-0.1, -0.05) is 140 Å². The van der Waals surface area contributed by atoms with Gasteiger partial charge in [0.25, 0.3) is 0 Å². The zero-order valence-electron chi connectivity index (χ0n) is 31.2. The number of hydrogen-bond acceptors (Lipinski definition) is 3. The molecule has 2 nitrogen and oxygen atoms in total. The molecular weight excluding hydrogens is 701 g/mol. The van der Waals surface area contributed by atoms with Gasteiger partial charge in [0.2, 0.25) is 0 Å². The van der Waals surface area contributed by atoms with E-state index in [4.69, 9.17) is 0 Å². The Kier molecular flexibility index (Phi) is 8.13. The van der Waals surface area contributed by atoms with E-state index in [0.717, 1.165) is 28.4 Å². The van der Waals surface area contributed by atoms with Gasteiger partial charge in [0.05, 0.1) is 8.07 Å². The molecule has 0 N–H and O–H groups in total. The first-order chi connectivity index (χ1) is 26.9. The molecule has 0 radical (unpaired) electrons. The second kappa shape index (κ2) is 13.3. The van der Waals surface area contributed by atoms with Crippen LogP contribution in [0.4, 0.5) is 34.1 Å². The Balaban J connectivity index is 1.10. The van der Waals surface area contributed by atoms with Gasteiger partial charge < -0.3 is 9.80 Å². The molecule has 10 rings (SSSR count). The van der Waals surface area contributed by atoms with Crippen molar-refractivity contribution in [1.29, 1.82) is 0 Å². The Hall–Kier alpha value is -6.07. The van der Waals surface area contributed by atoms with Crippen molar-refractivity contribution in [3.8, 4) is 11.1 Å². The lowest BCUT2D eigenvalue weighted by molar-refractivity contribution is 1.26. The molecule has 0 amide bonds. The summed E-state index contributed by atoms with van der Waals surface area (Å²) in [5.74, 6) is 0. The Morgan fingerprint density at radius 1 is 0.364 bits per heavy atom. The molecule has 0 aliphatic carbocycles. The van der Waals surface area contributed by atoms with Crippen molar-refractivity contribution in [3.63, 3.8) is 0 Å². The Labute approximate surface area is 328 Å². The summed E-state index contributed by atoms with van der Waals surface area (Å²) in [6.07, 6.45) is 0. The topological polar surface area (TPSA) is 6.48 Å². The minimum absolute atomic E-state index is 1.14. The summed E-state index contributed by atoms with van der Waals surface area (Å²) in [5, 5.41) is 9.06. The quantitative estimate of drug-likeness (QED) is 0.119. The van der Waals surface area contributed by atoms with E-state index in [-0.39, 0.29) is 0 Å². The summed E-state index contributed by atoms with van der Waals surface area (Å²) < 4.78 is 0. The van der Waals surface area contributed by atoms with E-state index in [1.165, 1.54) is 64.1 Å². The molecule has 55 heavy (non-hydrogen) atoms. The monoisotopic (exact) mass is 740 g/mol.